The third kappa shape index (κ3) is 3.85. The van der Waals surface area contributed by atoms with E-state index in [1.54, 1.807) is 0 Å². The van der Waals surface area contributed by atoms with Gasteiger partial charge in [0, 0.05) is 50.9 Å². The maximum absolute atomic E-state index is 12.3. The highest BCUT2D eigenvalue weighted by atomic mass is 16.5. The fraction of sp³-hybridized carbons (Fsp3) is 0.778. The zero-order valence-corrected chi connectivity index (χ0v) is 14.8. The molecule has 2 atom stereocenters. The minimum Gasteiger partial charge on any atom is -0.339 e. The Morgan fingerprint density at radius 1 is 1.16 bits per heavy atom. The maximum Gasteiger partial charge on any atom is 0.226 e. The second kappa shape index (κ2) is 6.77. The Hall–Kier alpha value is -1.92. The van der Waals surface area contributed by atoms with Crippen LogP contribution in [0.5, 0.6) is 0 Å². The van der Waals surface area contributed by atoms with Gasteiger partial charge in [0.2, 0.25) is 17.7 Å². The summed E-state index contributed by atoms with van der Waals surface area (Å²) in [5.41, 5.74) is 0. The van der Waals surface area contributed by atoms with Crippen molar-refractivity contribution in [3.05, 3.63) is 11.7 Å². The Bertz CT molecular complexity index is 647. The molecule has 2 saturated carbocycles. The van der Waals surface area contributed by atoms with Gasteiger partial charge in [-0.15, -0.1) is 0 Å². The van der Waals surface area contributed by atoms with Gasteiger partial charge in [-0.2, -0.15) is 4.98 Å². The van der Waals surface area contributed by atoms with Crippen LogP contribution in [0, 0.1) is 11.8 Å². The molecule has 7 nitrogen and oxygen atoms in total. The van der Waals surface area contributed by atoms with Gasteiger partial charge in [0.25, 0.3) is 0 Å². The predicted octanol–water partition coefficient (Wildman–Crippen LogP) is 1.60. The van der Waals surface area contributed by atoms with Crippen molar-refractivity contribution in [2.45, 2.75) is 51.4 Å². The average Bonchev–Trinajstić information content (AvgIpc) is 3.55. The first-order valence-electron chi connectivity index (χ1n) is 9.51. The molecule has 25 heavy (non-hydrogen) atoms. The van der Waals surface area contributed by atoms with Crippen LogP contribution in [0.15, 0.2) is 4.52 Å². The molecule has 2 amide bonds. The molecule has 1 aromatic rings. The van der Waals surface area contributed by atoms with Crippen molar-refractivity contribution >= 4 is 11.8 Å². The summed E-state index contributed by atoms with van der Waals surface area (Å²) in [7, 11) is 0. The van der Waals surface area contributed by atoms with Crippen molar-refractivity contribution in [2.75, 3.05) is 26.2 Å². The van der Waals surface area contributed by atoms with E-state index in [0.29, 0.717) is 56.7 Å². The van der Waals surface area contributed by atoms with Crippen LogP contribution in [0.1, 0.15) is 56.7 Å². The third-order valence-corrected chi connectivity index (χ3v) is 5.58. The van der Waals surface area contributed by atoms with E-state index in [1.807, 2.05) is 9.80 Å². The molecule has 3 fully saturated rings. The number of piperazine rings is 1. The van der Waals surface area contributed by atoms with Gasteiger partial charge in [-0.05, 0) is 31.6 Å². The molecule has 2 aliphatic carbocycles. The number of amides is 2. The Labute approximate surface area is 147 Å². The summed E-state index contributed by atoms with van der Waals surface area (Å²) >= 11 is 0. The third-order valence-electron chi connectivity index (χ3n) is 5.58. The topological polar surface area (TPSA) is 79.5 Å². The van der Waals surface area contributed by atoms with E-state index in [9.17, 15) is 9.59 Å². The molecule has 3 aliphatic rings. The van der Waals surface area contributed by atoms with E-state index >= 15 is 0 Å². The Morgan fingerprint density at radius 2 is 1.84 bits per heavy atom. The van der Waals surface area contributed by atoms with Gasteiger partial charge in [0.1, 0.15) is 0 Å². The number of carbonyl (C=O) groups is 2. The first-order valence-corrected chi connectivity index (χ1v) is 9.51. The fourth-order valence-corrected chi connectivity index (χ4v) is 3.50. The monoisotopic (exact) mass is 346 g/mol. The Kier molecular flexibility index (Phi) is 4.48. The van der Waals surface area contributed by atoms with Crippen molar-refractivity contribution in [1.29, 1.82) is 0 Å². The van der Waals surface area contributed by atoms with Gasteiger partial charge >= 0.3 is 0 Å². The van der Waals surface area contributed by atoms with Crippen molar-refractivity contribution in [1.82, 2.24) is 19.9 Å². The number of nitrogens with zero attached hydrogens (tertiary/aromatic N) is 4. The summed E-state index contributed by atoms with van der Waals surface area (Å²) in [4.78, 5) is 32.8. The van der Waals surface area contributed by atoms with Crippen LogP contribution in [0.2, 0.25) is 0 Å². The molecule has 0 aromatic carbocycles. The van der Waals surface area contributed by atoms with Gasteiger partial charge in [-0.1, -0.05) is 12.1 Å². The number of hydrogen-bond donors (Lipinski definition) is 0. The minimum absolute atomic E-state index is 0.161. The van der Waals surface area contributed by atoms with Crippen molar-refractivity contribution in [3.8, 4) is 0 Å². The minimum atomic E-state index is 0.161. The maximum atomic E-state index is 12.3. The first-order chi connectivity index (χ1) is 12.1. The Balaban J connectivity index is 1.16. The number of aryl methyl sites for hydroxylation is 1. The summed E-state index contributed by atoms with van der Waals surface area (Å²) in [6.45, 7) is 4.76. The van der Waals surface area contributed by atoms with E-state index in [0.717, 1.165) is 31.5 Å². The number of carbonyl (C=O) groups excluding carboxylic acids is 2. The van der Waals surface area contributed by atoms with Gasteiger partial charge in [0.15, 0.2) is 5.82 Å². The van der Waals surface area contributed by atoms with Crippen molar-refractivity contribution in [2.24, 2.45) is 11.8 Å². The van der Waals surface area contributed by atoms with Crippen LogP contribution in [0.4, 0.5) is 0 Å². The number of hydrogen-bond acceptors (Lipinski definition) is 5. The lowest BCUT2D eigenvalue weighted by atomic mass is 10.2. The van der Waals surface area contributed by atoms with Crippen LogP contribution in [-0.2, 0) is 16.0 Å². The van der Waals surface area contributed by atoms with Gasteiger partial charge < -0.3 is 14.3 Å². The van der Waals surface area contributed by atoms with Crippen LogP contribution in [-0.4, -0.2) is 57.9 Å². The molecule has 0 N–H and O–H groups in total. The molecule has 2 heterocycles. The summed E-state index contributed by atoms with van der Waals surface area (Å²) < 4.78 is 5.24. The van der Waals surface area contributed by atoms with E-state index in [-0.39, 0.29) is 17.7 Å². The average molecular weight is 346 g/mol. The van der Waals surface area contributed by atoms with E-state index in [4.69, 9.17) is 4.52 Å². The fourth-order valence-electron chi connectivity index (χ4n) is 3.50. The highest BCUT2D eigenvalue weighted by Crippen LogP contribution is 2.39. The second-order valence-electron chi connectivity index (χ2n) is 7.70. The molecule has 7 heteroatoms. The lowest BCUT2D eigenvalue weighted by molar-refractivity contribution is -0.140. The predicted molar refractivity (Wildman–Crippen MR) is 89.6 cm³/mol. The SMILES string of the molecule is C[C@H]1C[C@@H]1C(=O)N1CCN(C(=O)CCCc2nc(C3CC3)no2)CC1. The van der Waals surface area contributed by atoms with Gasteiger partial charge in [-0.3, -0.25) is 9.59 Å². The number of aromatic nitrogens is 2. The van der Waals surface area contributed by atoms with Gasteiger partial charge in [-0.25, -0.2) is 0 Å². The quantitative estimate of drug-likeness (QED) is 0.782. The smallest absolute Gasteiger partial charge is 0.226 e. The second-order valence-corrected chi connectivity index (χ2v) is 7.70. The molecule has 4 rings (SSSR count). The molecule has 1 saturated heterocycles. The normalized spacial score (nSPS) is 26.0. The van der Waals surface area contributed by atoms with Crippen LogP contribution >= 0.6 is 0 Å². The van der Waals surface area contributed by atoms with Crippen molar-refractivity contribution < 1.29 is 14.1 Å². The van der Waals surface area contributed by atoms with E-state index < -0.39 is 0 Å². The molecule has 0 bridgehead atoms. The van der Waals surface area contributed by atoms with Gasteiger partial charge in [0.05, 0.1) is 0 Å². The Morgan fingerprint density at radius 3 is 2.48 bits per heavy atom. The molecule has 0 unspecified atom stereocenters. The number of rotatable bonds is 6. The molecule has 136 valence electrons. The first kappa shape index (κ1) is 16.5. The van der Waals surface area contributed by atoms with Crippen LogP contribution in [0.25, 0.3) is 0 Å². The summed E-state index contributed by atoms with van der Waals surface area (Å²) in [5, 5.41) is 4.00. The van der Waals surface area contributed by atoms with Crippen LogP contribution in [0.3, 0.4) is 0 Å². The zero-order valence-electron chi connectivity index (χ0n) is 14.8. The molecular weight excluding hydrogens is 320 g/mol. The van der Waals surface area contributed by atoms with Crippen LogP contribution < -0.4 is 0 Å². The standard InChI is InChI=1S/C18H26N4O3/c1-12-11-14(12)18(24)22-9-7-21(8-10-22)16(23)4-2-3-15-19-17(20-25-15)13-5-6-13/h12-14H,2-11H2,1H3/t12-,14-/m0/s1. The summed E-state index contributed by atoms with van der Waals surface area (Å²) in [5.74, 6) is 3.18. The molecular formula is C18H26N4O3. The largest absolute Gasteiger partial charge is 0.339 e. The van der Waals surface area contributed by atoms with E-state index in [1.165, 1.54) is 0 Å². The van der Waals surface area contributed by atoms with Crippen molar-refractivity contribution in [3.63, 3.8) is 0 Å². The zero-order chi connectivity index (χ0) is 17.4. The molecule has 1 aromatic heterocycles. The summed E-state index contributed by atoms with van der Waals surface area (Å²) in [6, 6.07) is 0. The highest BCUT2D eigenvalue weighted by molar-refractivity contribution is 5.82. The lowest BCUT2D eigenvalue weighted by Gasteiger charge is -2.35. The molecule has 1 aliphatic heterocycles. The lowest BCUT2D eigenvalue weighted by Crippen LogP contribution is -2.51. The molecule has 0 radical (unpaired) electrons. The van der Waals surface area contributed by atoms with E-state index in [2.05, 4.69) is 17.1 Å². The highest BCUT2D eigenvalue weighted by Gasteiger charge is 2.42. The molecule has 0 spiro atoms. The summed E-state index contributed by atoms with van der Waals surface area (Å²) in [6.07, 6.45) is 5.22.